The minimum absolute atomic E-state index is 0.232. The second-order valence-corrected chi connectivity index (χ2v) is 4.23. The molecule has 1 aromatic rings. The quantitative estimate of drug-likeness (QED) is 0.749. The van der Waals surface area contributed by atoms with Crippen LogP contribution in [-0.4, -0.2) is 6.54 Å². The third-order valence-corrected chi connectivity index (χ3v) is 3.11. The lowest BCUT2D eigenvalue weighted by Gasteiger charge is -2.13. The topological polar surface area (TPSA) is 38.0 Å². The first-order chi connectivity index (χ1) is 7.27. The van der Waals surface area contributed by atoms with Crippen molar-refractivity contribution >= 4 is 11.4 Å². The van der Waals surface area contributed by atoms with Gasteiger partial charge in [0.15, 0.2) is 0 Å². The molecule has 15 heavy (non-hydrogen) atoms. The van der Waals surface area contributed by atoms with Crippen LogP contribution >= 0.6 is 0 Å². The van der Waals surface area contributed by atoms with Crippen LogP contribution in [0.15, 0.2) is 18.2 Å². The average molecular weight is 208 g/mol. The molecule has 0 amide bonds. The molecule has 0 bridgehead atoms. The van der Waals surface area contributed by atoms with E-state index >= 15 is 0 Å². The van der Waals surface area contributed by atoms with Gasteiger partial charge in [-0.15, -0.1) is 0 Å². The number of halogens is 1. The summed E-state index contributed by atoms with van der Waals surface area (Å²) in [4.78, 5) is 0. The van der Waals surface area contributed by atoms with Crippen molar-refractivity contribution in [3.8, 4) is 0 Å². The number of hydrogen-bond acceptors (Lipinski definition) is 2. The Bertz CT molecular complexity index is 332. The predicted molar refractivity (Wildman–Crippen MR) is 61.3 cm³/mol. The van der Waals surface area contributed by atoms with Crippen LogP contribution in [0.1, 0.15) is 25.7 Å². The molecule has 0 spiro atoms. The lowest BCUT2D eigenvalue weighted by Crippen LogP contribution is -2.12. The van der Waals surface area contributed by atoms with Gasteiger partial charge in [-0.1, -0.05) is 18.9 Å². The molecule has 1 aromatic carbocycles. The van der Waals surface area contributed by atoms with Crippen molar-refractivity contribution in [1.82, 2.24) is 0 Å². The minimum atomic E-state index is -0.341. The van der Waals surface area contributed by atoms with Crippen molar-refractivity contribution in [2.45, 2.75) is 25.7 Å². The van der Waals surface area contributed by atoms with E-state index in [1.54, 1.807) is 6.07 Å². The van der Waals surface area contributed by atoms with E-state index in [2.05, 4.69) is 5.32 Å². The van der Waals surface area contributed by atoms with Crippen molar-refractivity contribution in [1.29, 1.82) is 0 Å². The SMILES string of the molecule is Nc1c(F)cccc1NCC1CCCC1. The molecule has 0 heterocycles. The Balaban J connectivity index is 1.95. The van der Waals surface area contributed by atoms with Crippen LogP contribution in [0.25, 0.3) is 0 Å². The maximum atomic E-state index is 13.1. The molecule has 0 saturated heterocycles. The van der Waals surface area contributed by atoms with Gasteiger partial charge in [-0.3, -0.25) is 0 Å². The molecular weight excluding hydrogens is 191 g/mol. The predicted octanol–water partition coefficient (Wildman–Crippen LogP) is 3.01. The third kappa shape index (κ3) is 2.41. The summed E-state index contributed by atoms with van der Waals surface area (Å²) in [7, 11) is 0. The van der Waals surface area contributed by atoms with Gasteiger partial charge in [0.05, 0.1) is 11.4 Å². The van der Waals surface area contributed by atoms with Crippen LogP contribution in [0.2, 0.25) is 0 Å². The van der Waals surface area contributed by atoms with E-state index in [0.29, 0.717) is 0 Å². The molecule has 3 heteroatoms. The molecule has 2 nitrogen and oxygen atoms in total. The fraction of sp³-hybridized carbons (Fsp3) is 0.500. The molecule has 0 aromatic heterocycles. The van der Waals surface area contributed by atoms with Crippen molar-refractivity contribution in [3.05, 3.63) is 24.0 Å². The van der Waals surface area contributed by atoms with E-state index in [1.807, 2.05) is 6.07 Å². The highest BCUT2D eigenvalue weighted by molar-refractivity contribution is 5.66. The van der Waals surface area contributed by atoms with Crippen LogP contribution in [-0.2, 0) is 0 Å². The number of anilines is 2. The molecule has 0 aliphatic heterocycles. The standard InChI is InChI=1S/C12H17FN2/c13-10-6-3-7-11(12(10)14)15-8-9-4-1-2-5-9/h3,6-7,9,15H,1-2,4-5,8,14H2. The van der Waals surface area contributed by atoms with Gasteiger partial charge in [-0.05, 0) is 30.9 Å². The Morgan fingerprint density at radius 1 is 1.33 bits per heavy atom. The Morgan fingerprint density at radius 2 is 2.07 bits per heavy atom. The first kappa shape index (κ1) is 10.3. The molecule has 82 valence electrons. The van der Waals surface area contributed by atoms with Gasteiger partial charge >= 0.3 is 0 Å². The first-order valence-electron chi connectivity index (χ1n) is 5.55. The highest BCUT2D eigenvalue weighted by Crippen LogP contribution is 2.26. The Hall–Kier alpha value is -1.25. The lowest BCUT2D eigenvalue weighted by molar-refractivity contribution is 0.579. The number of para-hydroxylation sites is 1. The number of rotatable bonds is 3. The summed E-state index contributed by atoms with van der Waals surface area (Å²) < 4.78 is 13.1. The molecule has 2 rings (SSSR count). The Labute approximate surface area is 89.7 Å². The molecule has 0 radical (unpaired) electrons. The zero-order chi connectivity index (χ0) is 10.7. The van der Waals surface area contributed by atoms with E-state index in [4.69, 9.17) is 5.73 Å². The first-order valence-corrected chi connectivity index (χ1v) is 5.55. The van der Waals surface area contributed by atoms with E-state index in [9.17, 15) is 4.39 Å². The third-order valence-electron chi connectivity index (χ3n) is 3.11. The van der Waals surface area contributed by atoms with Crippen molar-refractivity contribution in [2.75, 3.05) is 17.6 Å². The number of hydrogen-bond donors (Lipinski definition) is 2. The number of nitrogen functional groups attached to an aromatic ring is 1. The second-order valence-electron chi connectivity index (χ2n) is 4.23. The lowest BCUT2D eigenvalue weighted by atomic mass is 10.1. The van der Waals surface area contributed by atoms with Crippen LogP contribution < -0.4 is 11.1 Å². The summed E-state index contributed by atoms with van der Waals surface area (Å²) in [6, 6.07) is 4.89. The highest BCUT2D eigenvalue weighted by atomic mass is 19.1. The molecule has 1 aliphatic rings. The van der Waals surface area contributed by atoms with Gasteiger partial charge in [0, 0.05) is 6.54 Å². The van der Waals surface area contributed by atoms with Gasteiger partial charge < -0.3 is 11.1 Å². The number of nitrogens with two attached hydrogens (primary N) is 1. The molecule has 3 N–H and O–H groups in total. The molecule has 1 fully saturated rings. The molecule has 1 saturated carbocycles. The second kappa shape index (κ2) is 4.51. The summed E-state index contributed by atoms with van der Waals surface area (Å²) in [5.41, 5.74) is 6.59. The van der Waals surface area contributed by atoms with E-state index in [-0.39, 0.29) is 11.5 Å². The van der Waals surface area contributed by atoms with E-state index in [1.165, 1.54) is 31.7 Å². The molecular formula is C12H17FN2. The van der Waals surface area contributed by atoms with Gasteiger partial charge in [-0.2, -0.15) is 0 Å². The van der Waals surface area contributed by atoms with Crippen molar-refractivity contribution in [2.24, 2.45) is 5.92 Å². The summed E-state index contributed by atoms with van der Waals surface area (Å²) in [5, 5.41) is 3.23. The van der Waals surface area contributed by atoms with Crippen LogP contribution in [0, 0.1) is 11.7 Å². The zero-order valence-corrected chi connectivity index (χ0v) is 8.80. The van der Waals surface area contributed by atoms with Crippen LogP contribution in [0.4, 0.5) is 15.8 Å². The largest absolute Gasteiger partial charge is 0.395 e. The maximum absolute atomic E-state index is 13.1. The van der Waals surface area contributed by atoms with Gasteiger partial charge in [-0.25, -0.2) is 4.39 Å². The summed E-state index contributed by atoms with van der Waals surface area (Å²) in [6.07, 6.45) is 5.21. The minimum Gasteiger partial charge on any atom is -0.395 e. The molecule has 0 unspecified atom stereocenters. The van der Waals surface area contributed by atoms with Crippen LogP contribution in [0.5, 0.6) is 0 Å². The monoisotopic (exact) mass is 208 g/mol. The van der Waals surface area contributed by atoms with Crippen molar-refractivity contribution in [3.63, 3.8) is 0 Å². The summed E-state index contributed by atoms with van der Waals surface area (Å²) >= 11 is 0. The summed E-state index contributed by atoms with van der Waals surface area (Å²) in [6.45, 7) is 0.910. The average Bonchev–Trinajstić information content (AvgIpc) is 2.73. The Morgan fingerprint density at radius 3 is 2.80 bits per heavy atom. The van der Waals surface area contributed by atoms with E-state index < -0.39 is 0 Å². The molecule has 0 atom stereocenters. The van der Waals surface area contributed by atoms with Gasteiger partial charge in [0.2, 0.25) is 0 Å². The van der Waals surface area contributed by atoms with Gasteiger partial charge in [0.25, 0.3) is 0 Å². The number of benzene rings is 1. The Kier molecular flexibility index (Phi) is 3.09. The summed E-state index contributed by atoms with van der Waals surface area (Å²) in [5.74, 6) is 0.388. The van der Waals surface area contributed by atoms with Crippen molar-refractivity contribution < 1.29 is 4.39 Å². The maximum Gasteiger partial charge on any atom is 0.148 e. The fourth-order valence-corrected chi connectivity index (χ4v) is 2.16. The van der Waals surface area contributed by atoms with Crippen LogP contribution in [0.3, 0.4) is 0 Å². The number of nitrogens with one attached hydrogen (secondary N) is 1. The van der Waals surface area contributed by atoms with Gasteiger partial charge in [0.1, 0.15) is 5.82 Å². The highest BCUT2D eigenvalue weighted by Gasteiger charge is 2.15. The van der Waals surface area contributed by atoms with E-state index in [0.717, 1.165) is 18.2 Å². The normalized spacial score (nSPS) is 16.9. The zero-order valence-electron chi connectivity index (χ0n) is 8.80. The smallest absolute Gasteiger partial charge is 0.148 e. The fourth-order valence-electron chi connectivity index (χ4n) is 2.16. The molecule has 1 aliphatic carbocycles.